The fourth-order valence-electron chi connectivity index (χ4n) is 2.13. The molecule has 0 saturated heterocycles. The number of nitrogens with one attached hydrogen (secondary N) is 2. The van der Waals surface area contributed by atoms with Crippen molar-refractivity contribution in [1.82, 2.24) is 15.2 Å². The monoisotopic (exact) mass is 357 g/mol. The van der Waals surface area contributed by atoms with Gasteiger partial charge in [-0.25, -0.2) is 0 Å². The molecule has 0 aliphatic rings. The van der Waals surface area contributed by atoms with Gasteiger partial charge in [0.2, 0.25) is 5.95 Å². The molecule has 0 bridgehead atoms. The summed E-state index contributed by atoms with van der Waals surface area (Å²) in [5.74, 6) is 0.0226. The van der Waals surface area contributed by atoms with Gasteiger partial charge in [0.15, 0.2) is 5.82 Å². The van der Waals surface area contributed by atoms with Crippen LogP contribution in [0.15, 0.2) is 42.5 Å². The van der Waals surface area contributed by atoms with Crippen LogP contribution in [0.1, 0.15) is 15.9 Å². The van der Waals surface area contributed by atoms with Crippen LogP contribution in [0.25, 0.3) is 11.4 Å². The number of nitro groups is 1. The van der Waals surface area contributed by atoms with Crippen LogP contribution in [0, 0.1) is 17.0 Å². The minimum absolute atomic E-state index is 0.0269. The van der Waals surface area contributed by atoms with Crippen molar-refractivity contribution in [1.29, 1.82) is 0 Å². The summed E-state index contributed by atoms with van der Waals surface area (Å²) in [5, 5.41) is 19.9. The van der Waals surface area contributed by atoms with Crippen LogP contribution in [0.4, 0.5) is 11.6 Å². The van der Waals surface area contributed by atoms with Gasteiger partial charge in [-0.05, 0) is 13.0 Å². The molecule has 1 aromatic heterocycles. The Morgan fingerprint density at radius 1 is 1.24 bits per heavy atom. The lowest BCUT2D eigenvalue weighted by atomic mass is 10.1. The molecule has 3 aromatic rings. The summed E-state index contributed by atoms with van der Waals surface area (Å²) in [6, 6.07) is 11.2. The second kappa shape index (κ2) is 6.70. The van der Waals surface area contributed by atoms with Gasteiger partial charge in [0.05, 0.1) is 15.5 Å². The number of aromatic amines is 1. The zero-order chi connectivity index (χ0) is 18.0. The van der Waals surface area contributed by atoms with Gasteiger partial charge in [0.1, 0.15) is 0 Å². The van der Waals surface area contributed by atoms with Crippen molar-refractivity contribution in [2.75, 3.05) is 5.32 Å². The van der Waals surface area contributed by atoms with E-state index in [1.54, 1.807) is 0 Å². The van der Waals surface area contributed by atoms with Gasteiger partial charge in [-0.1, -0.05) is 41.4 Å². The van der Waals surface area contributed by atoms with Crippen molar-refractivity contribution in [2.24, 2.45) is 0 Å². The van der Waals surface area contributed by atoms with Crippen LogP contribution in [0.3, 0.4) is 0 Å². The average Bonchev–Trinajstić information content (AvgIpc) is 3.03. The zero-order valence-corrected chi connectivity index (χ0v) is 13.7. The molecule has 2 N–H and O–H groups in total. The molecule has 1 heterocycles. The maximum atomic E-state index is 12.2. The van der Waals surface area contributed by atoms with Gasteiger partial charge >= 0.3 is 0 Å². The largest absolute Gasteiger partial charge is 0.289 e. The molecule has 25 heavy (non-hydrogen) atoms. The third-order valence-corrected chi connectivity index (χ3v) is 3.76. The highest BCUT2D eigenvalue weighted by Crippen LogP contribution is 2.23. The lowest BCUT2D eigenvalue weighted by Crippen LogP contribution is -2.13. The van der Waals surface area contributed by atoms with Crippen molar-refractivity contribution in [3.8, 4) is 11.4 Å². The van der Waals surface area contributed by atoms with E-state index in [1.165, 1.54) is 12.1 Å². The molecule has 0 atom stereocenters. The zero-order valence-electron chi connectivity index (χ0n) is 13.0. The highest BCUT2D eigenvalue weighted by Gasteiger charge is 2.16. The predicted octanol–water partition coefficient (Wildman–Crippen LogP) is 3.59. The maximum absolute atomic E-state index is 12.2. The first kappa shape index (κ1) is 16.6. The molecule has 8 nitrogen and oxygen atoms in total. The average molecular weight is 358 g/mol. The summed E-state index contributed by atoms with van der Waals surface area (Å²) in [5.41, 5.74) is 1.84. The Bertz CT molecular complexity index is 953. The fourth-order valence-corrected chi connectivity index (χ4v) is 2.39. The van der Waals surface area contributed by atoms with Crippen molar-refractivity contribution in [2.45, 2.75) is 6.92 Å². The standard InChI is InChI=1S/C16H12ClN5O3/c1-9-2-4-10(5-3-9)14-18-16(21-20-14)19-15(23)12-7-6-11(22(24)25)8-13(12)17/h2-8H,1H3,(H2,18,19,20,21,23). The number of halogens is 1. The first-order chi connectivity index (χ1) is 11.9. The lowest BCUT2D eigenvalue weighted by molar-refractivity contribution is -0.384. The predicted molar refractivity (Wildman–Crippen MR) is 92.6 cm³/mol. The van der Waals surface area contributed by atoms with Crippen LogP contribution in [-0.4, -0.2) is 26.0 Å². The van der Waals surface area contributed by atoms with Crippen LogP contribution in [-0.2, 0) is 0 Å². The number of aromatic nitrogens is 3. The van der Waals surface area contributed by atoms with Crippen molar-refractivity contribution in [3.63, 3.8) is 0 Å². The lowest BCUT2D eigenvalue weighted by Gasteiger charge is -2.03. The van der Waals surface area contributed by atoms with Crippen LogP contribution in [0.5, 0.6) is 0 Å². The molecular formula is C16H12ClN5O3. The molecular weight excluding hydrogens is 346 g/mol. The number of hydrogen-bond donors (Lipinski definition) is 2. The fraction of sp³-hybridized carbons (Fsp3) is 0.0625. The van der Waals surface area contributed by atoms with E-state index in [2.05, 4.69) is 20.5 Å². The highest BCUT2D eigenvalue weighted by molar-refractivity contribution is 6.34. The third kappa shape index (κ3) is 3.64. The Labute approximate surface area is 147 Å². The Morgan fingerprint density at radius 2 is 1.96 bits per heavy atom. The van der Waals surface area contributed by atoms with Gasteiger partial charge in [-0.3, -0.25) is 25.3 Å². The molecule has 126 valence electrons. The SMILES string of the molecule is Cc1ccc(-c2nc(NC(=O)c3ccc([N+](=O)[O-])cc3Cl)n[nH]2)cc1. The Balaban J connectivity index is 1.78. The minimum atomic E-state index is -0.587. The van der Waals surface area contributed by atoms with E-state index in [-0.39, 0.29) is 22.2 Å². The van der Waals surface area contributed by atoms with E-state index in [4.69, 9.17) is 11.6 Å². The van der Waals surface area contributed by atoms with Crippen LogP contribution >= 0.6 is 11.6 Å². The van der Waals surface area contributed by atoms with Gasteiger partial charge in [-0.15, -0.1) is 5.10 Å². The summed E-state index contributed by atoms with van der Waals surface area (Å²) < 4.78 is 0. The number of non-ortho nitro benzene ring substituents is 1. The van der Waals surface area contributed by atoms with Crippen molar-refractivity contribution >= 4 is 29.1 Å². The van der Waals surface area contributed by atoms with E-state index in [1.807, 2.05) is 31.2 Å². The summed E-state index contributed by atoms with van der Waals surface area (Å²) in [6.07, 6.45) is 0. The number of aryl methyl sites for hydroxylation is 1. The first-order valence-electron chi connectivity index (χ1n) is 7.19. The Kier molecular flexibility index (Phi) is 4.44. The Hall–Kier alpha value is -3.26. The van der Waals surface area contributed by atoms with E-state index < -0.39 is 10.8 Å². The number of rotatable bonds is 4. The summed E-state index contributed by atoms with van der Waals surface area (Å²) in [4.78, 5) is 26.6. The molecule has 1 amide bonds. The third-order valence-electron chi connectivity index (χ3n) is 3.44. The molecule has 0 spiro atoms. The molecule has 0 aliphatic heterocycles. The number of carbonyl (C=O) groups is 1. The minimum Gasteiger partial charge on any atom is -0.289 e. The summed E-state index contributed by atoms with van der Waals surface area (Å²) in [7, 11) is 0. The number of amides is 1. The van der Waals surface area contributed by atoms with E-state index in [0.29, 0.717) is 5.82 Å². The van der Waals surface area contributed by atoms with Crippen molar-refractivity contribution in [3.05, 3.63) is 68.7 Å². The highest BCUT2D eigenvalue weighted by atomic mass is 35.5. The molecule has 9 heteroatoms. The molecule has 0 saturated carbocycles. The number of carbonyl (C=O) groups excluding carboxylic acids is 1. The summed E-state index contributed by atoms with van der Waals surface area (Å²) >= 11 is 5.94. The number of benzene rings is 2. The van der Waals surface area contributed by atoms with E-state index >= 15 is 0 Å². The molecule has 3 rings (SSSR count). The van der Waals surface area contributed by atoms with Crippen molar-refractivity contribution < 1.29 is 9.72 Å². The smallest absolute Gasteiger partial charge is 0.270 e. The summed E-state index contributed by atoms with van der Waals surface area (Å²) in [6.45, 7) is 1.98. The Morgan fingerprint density at radius 3 is 2.60 bits per heavy atom. The van der Waals surface area contributed by atoms with Gasteiger partial charge in [-0.2, -0.15) is 4.98 Å². The molecule has 0 fully saturated rings. The van der Waals surface area contributed by atoms with E-state index in [9.17, 15) is 14.9 Å². The van der Waals surface area contributed by atoms with Gasteiger partial charge in [0.25, 0.3) is 11.6 Å². The molecule has 0 aliphatic carbocycles. The van der Waals surface area contributed by atoms with Crippen LogP contribution < -0.4 is 5.32 Å². The first-order valence-corrected chi connectivity index (χ1v) is 7.56. The molecule has 0 unspecified atom stereocenters. The maximum Gasteiger partial charge on any atom is 0.270 e. The number of nitro benzene ring substituents is 1. The normalized spacial score (nSPS) is 10.5. The molecule has 0 radical (unpaired) electrons. The second-order valence-electron chi connectivity index (χ2n) is 5.25. The van der Waals surface area contributed by atoms with Gasteiger partial charge < -0.3 is 0 Å². The topological polar surface area (TPSA) is 114 Å². The van der Waals surface area contributed by atoms with Gasteiger partial charge in [0, 0.05) is 17.7 Å². The second-order valence-corrected chi connectivity index (χ2v) is 5.66. The number of nitrogens with zero attached hydrogens (tertiary/aromatic N) is 3. The number of hydrogen-bond acceptors (Lipinski definition) is 5. The molecule has 2 aromatic carbocycles. The van der Waals surface area contributed by atoms with Crippen LogP contribution in [0.2, 0.25) is 5.02 Å². The van der Waals surface area contributed by atoms with E-state index in [0.717, 1.165) is 17.2 Å². The quantitative estimate of drug-likeness (QED) is 0.547. The number of anilines is 1. The number of H-pyrrole nitrogens is 1.